The zero-order valence-electron chi connectivity index (χ0n) is 10.2. The van der Waals surface area contributed by atoms with E-state index in [1.807, 2.05) is 12.1 Å². The summed E-state index contributed by atoms with van der Waals surface area (Å²) < 4.78 is 11.1. The van der Waals surface area contributed by atoms with Crippen molar-refractivity contribution in [3.63, 3.8) is 0 Å². The van der Waals surface area contributed by atoms with Crippen molar-refractivity contribution in [1.29, 1.82) is 0 Å². The average Bonchev–Trinajstić information content (AvgIpc) is 2.83. The Morgan fingerprint density at radius 2 is 1.89 bits per heavy atom. The third-order valence-electron chi connectivity index (χ3n) is 2.94. The summed E-state index contributed by atoms with van der Waals surface area (Å²) in [4.78, 5) is 0. The molecule has 2 aromatic carbocycles. The summed E-state index contributed by atoms with van der Waals surface area (Å²) in [6.45, 7) is 0.390. The summed E-state index contributed by atoms with van der Waals surface area (Å²) in [6, 6.07) is 12.2. The summed E-state index contributed by atoms with van der Waals surface area (Å²) in [5.41, 5.74) is 8.08. The van der Waals surface area contributed by atoms with Crippen LogP contribution < -0.4 is 10.5 Å². The summed E-state index contributed by atoms with van der Waals surface area (Å²) in [5, 5.41) is 10.2. The van der Waals surface area contributed by atoms with Crippen LogP contribution in [-0.2, 0) is 6.61 Å². The fourth-order valence-electron chi connectivity index (χ4n) is 1.95. The number of nitrogen functional groups attached to an aromatic ring is 1. The van der Waals surface area contributed by atoms with Gasteiger partial charge >= 0.3 is 0 Å². The van der Waals surface area contributed by atoms with Crippen molar-refractivity contribution in [3.05, 3.63) is 54.3 Å². The van der Waals surface area contributed by atoms with E-state index in [0.29, 0.717) is 23.6 Å². The Bertz CT molecular complexity index is 701. The number of furan rings is 1. The second-order valence-corrected chi connectivity index (χ2v) is 4.27. The highest BCUT2D eigenvalue weighted by Crippen LogP contribution is 2.27. The molecule has 1 aromatic heterocycles. The van der Waals surface area contributed by atoms with Gasteiger partial charge in [-0.2, -0.15) is 0 Å². The minimum atomic E-state index is 0.217. The molecule has 1 heterocycles. The number of rotatable bonds is 3. The van der Waals surface area contributed by atoms with Crippen LogP contribution in [0.25, 0.3) is 11.0 Å². The lowest BCUT2D eigenvalue weighted by Gasteiger charge is -2.04. The van der Waals surface area contributed by atoms with Gasteiger partial charge in [-0.1, -0.05) is 12.1 Å². The fraction of sp³-hybridized carbons (Fsp3) is 0.0667. The first-order chi connectivity index (χ1) is 9.24. The molecule has 0 radical (unpaired) electrons. The molecule has 0 bridgehead atoms. The van der Waals surface area contributed by atoms with Crippen molar-refractivity contribution >= 4 is 16.7 Å². The van der Waals surface area contributed by atoms with Crippen LogP contribution in [0.1, 0.15) is 5.56 Å². The van der Waals surface area contributed by atoms with Gasteiger partial charge in [0.1, 0.15) is 18.1 Å². The maximum atomic E-state index is 9.20. The number of anilines is 1. The number of nitrogens with two attached hydrogens (primary N) is 1. The maximum Gasteiger partial charge on any atom is 0.157 e. The molecule has 96 valence electrons. The first-order valence-corrected chi connectivity index (χ1v) is 5.90. The molecule has 3 aromatic rings. The van der Waals surface area contributed by atoms with Gasteiger partial charge in [0.25, 0.3) is 0 Å². The molecule has 0 aliphatic heterocycles. The highest BCUT2D eigenvalue weighted by Gasteiger charge is 2.08. The predicted molar refractivity (Wildman–Crippen MR) is 73.1 cm³/mol. The Balaban J connectivity index is 1.82. The quantitative estimate of drug-likeness (QED) is 0.704. The normalized spacial score (nSPS) is 10.7. The third kappa shape index (κ3) is 2.20. The lowest BCUT2D eigenvalue weighted by Crippen LogP contribution is -1.94. The van der Waals surface area contributed by atoms with Gasteiger partial charge in [0.2, 0.25) is 0 Å². The average molecular weight is 255 g/mol. The molecular weight excluding hydrogens is 242 g/mol. The van der Waals surface area contributed by atoms with E-state index in [4.69, 9.17) is 14.9 Å². The van der Waals surface area contributed by atoms with E-state index >= 15 is 0 Å². The molecule has 0 aliphatic rings. The van der Waals surface area contributed by atoms with E-state index in [1.54, 1.807) is 36.6 Å². The zero-order chi connectivity index (χ0) is 13.2. The van der Waals surface area contributed by atoms with Crippen molar-refractivity contribution < 1.29 is 14.3 Å². The van der Waals surface area contributed by atoms with Gasteiger partial charge in [0.15, 0.2) is 5.58 Å². The Labute approximate surface area is 110 Å². The van der Waals surface area contributed by atoms with Gasteiger partial charge in [-0.15, -0.1) is 0 Å². The molecule has 0 saturated heterocycles. The number of aromatic hydroxyl groups is 1. The Morgan fingerprint density at radius 1 is 1.11 bits per heavy atom. The van der Waals surface area contributed by atoms with Crippen molar-refractivity contribution in [2.45, 2.75) is 6.61 Å². The minimum absolute atomic E-state index is 0.217. The topological polar surface area (TPSA) is 68.6 Å². The Morgan fingerprint density at radius 3 is 2.68 bits per heavy atom. The molecule has 0 amide bonds. The molecule has 0 atom stereocenters. The van der Waals surface area contributed by atoms with Crippen LogP contribution in [0.15, 0.2) is 53.1 Å². The smallest absolute Gasteiger partial charge is 0.157 e. The largest absolute Gasteiger partial charge is 0.508 e. The number of phenols is 1. The molecule has 4 heteroatoms. The van der Waals surface area contributed by atoms with Crippen molar-refractivity contribution in [2.75, 3.05) is 5.73 Å². The van der Waals surface area contributed by atoms with E-state index in [-0.39, 0.29) is 5.75 Å². The number of fused-ring (bicyclic) bond motifs is 1. The maximum absolute atomic E-state index is 9.20. The second kappa shape index (κ2) is 4.57. The van der Waals surface area contributed by atoms with Crippen LogP contribution >= 0.6 is 0 Å². The van der Waals surface area contributed by atoms with E-state index in [0.717, 1.165) is 10.9 Å². The highest BCUT2D eigenvalue weighted by atomic mass is 16.5. The number of para-hydroxylation sites is 1. The number of ether oxygens (including phenoxy) is 1. The Hall–Kier alpha value is -2.62. The zero-order valence-corrected chi connectivity index (χ0v) is 10.2. The lowest BCUT2D eigenvalue weighted by atomic mass is 10.1. The minimum Gasteiger partial charge on any atom is -0.508 e. The molecule has 3 N–H and O–H groups in total. The van der Waals surface area contributed by atoms with Gasteiger partial charge in [0.05, 0.1) is 12.0 Å². The van der Waals surface area contributed by atoms with E-state index in [2.05, 4.69) is 0 Å². The SMILES string of the molecule is Nc1cccc2c(COc3ccc(O)cc3)coc12. The van der Waals surface area contributed by atoms with Gasteiger partial charge in [0, 0.05) is 10.9 Å². The number of hydrogen-bond donors (Lipinski definition) is 2. The fourth-order valence-corrected chi connectivity index (χ4v) is 1.95. The van der Waals surface area contributed by atoms with E-state index in [1.165, 1.54) is 0 Å². The van der Waals surface area contributed by atoms with Crippen LogP contribution in [-0.4, -0.2) is 5.11 Å². The molecule has 3 rings (SSSR count). The molecule has 4 nitrogen and oxygen atoms in total. The van der Waals surface area contributed by atoms with Crippen LogP contribution in [0.4, 0.5) is 5.69 Å². The summed E-state index contributed by atoms with van der Waals surface area (Å²) in [7, 11) is 0. The standard InChI is InChI=1S/C15H13NO3/c16-14-3-1-2-13-10(9-19-15(13)14)8-18-12-6-4-11(17)5-7-12/h1-7,9,17H,8,16H2. The summed E-state index contributed by atoms with van der Waals surface area (Å²) in [6.07, 6.45) is 1.65. The third-order valence-corrected chi connectivity index (χ3v) is 2.94. The summed E-state index contributed by atoms with van der Waals surface area (Å²) in [5.74, 6) is 0.907. The molecule has 0 spiro atoms. The lowest BCUT2D eigenvalue weighted by molar-refractivity contribution is 0.305. The molecular formula is C15H13NO3. The second-order valence-electron chi connectivity index (χ2n) is 4.27. The van der Waals surface area contributed by atoms with E-state index < -0.39 is 0 Å². The van der Waals surface area contributed by atoms with Crippen LogP contribution in [0.5, 0.6) is 11.5 Å². The Kier molecular flexibility index (Phi) is 2.76. The molecule has 19 heavy (non-hydrogen) atoms. The van der Waals surface area contributed by atoms with Gasteiger partial charge in [-0.3, -0.25) is 0 Å². The van der Waals surface area contributed by atoms with Crippen LogP contribution in [0.2, 0.25) is 0 Å². The first kappa shape index (κ1) is 11.5. The van der Waals surface area contributed by atoms with Crippen LogP contribution in [0.3, 0.4) is 0 Å². The van der Waals surface area contributed by atoms with Gasteiger partial charge in [-0.05, 0) is 30.3 Å². The number of phenolic OH excluding ortho intramolecular Hbond substituents is 1. The van der Waals surface area contributed by atoms with Crippen molar-refractivity contribution in [3.8, 4) is 11.5 Å². The van der Waals surface area contributed by atoms with Gasteiger partial charge in [-0.25, -0.2) is 0 Å². The number of hydrogen-bond acceptors (Lipinski definition) is 4. The van der Waals surface area contributed by atoms with Gasteiger partial charge < -0.3 is 20.0 Å². The first-order valence-electron chi connectivity index (χ1n) is 5.90. The van der Waals surface area contributed by atoms with Crippen LogP contribution in [0, 0.1) is 0 Å². The number of benzene rings is 2. The molecule has 0 aliphatic carbocycles. The predicted octanol–water partition coefficient (Wildman–Crippen LogP) is 3.30. The summed E-state index contributed by atoms with van der Waals surface area (Å²) >= 11 is 0. The highest BCUT2D eigenvalue weighted by molar-refractivity contribution is 5.90. The van der Waals surface area contributed by atoms with Crippen molar-refractivity contribution in [1.82, 2.24) is 0 Å². The monoisotopic (exact) mass is 255 g/mol. The van der Waals surface area contributed by atoms with Crippen molar-refractivity contribution in [2.24, 2.45) is 0 Å². The molecule has 0 saturated carbocycles. The molecule has 0 unspecified atom stereocenters. The molecule has 0 fully saturated rings. The van der Waals surface area contributed by atoms with E-state index in [9.17, 15) is 5.11 Å².